The first-order valence-electron chi connectivity index (χ1n) is 9.44. The van der Waals surface area contributed by atoms with E-state index in [1.807, 2.05) is 17.6 Å². The first kappa shape index (κ1) is 20.2. The van der Waals surface area contributed by atoms with Crippen LogP contribution in [0, 0.1) is 17.2 Å². The van der Waals surface area contributed by atoms with E-state index >= 15 is 0 Å². The Labute approximate surface area is 168 Å². The topological polar surface area (TPSA) is 97.0 Å². The maximum atomic E-state index is 12.4. The third-order valence-corrected chi connectivity index (χ3v) is 5.87. The fraction of sp³-hybridized carbons (Fsp3) is 0.500. The number of ether oxygens (including phenoxy) is 1. The van der Waals surface area contributed by atoms with Crippen LogP contribution in [0.5, 0.6) is 0 Å². The van der Waals surface area contributed by atoms with Gasteiger partial charge >= 0.3 is 5.97 Å². The molecular weight excluding hydrogens is 376 g/mol. The van der Waals surface area contributed by atoms with Gasteiger partial charge < -0.3 is 14.6 Å². The van der Waals surface area contributed by atoms with Gasteiger partial charge in [-0.2, -0.15) is 5.26 Å². The van der Waals surface area contributed by atoms with Crippen molar-refractivity contribution in [3.63, 3.8) is 0 Å². The minimum absolute atomic E-state index is 0.178. The Morgan fingerprint density at radius 2 is 2.18 bits per heavy atom. The molecule has 7 nitrogen and oxygen atoms in total. The summed E-state index contributed by atoms with van der Waals surface area (Å²) in [6.07, 6.45) is 1.96. The lowest BCUT2D eigenvalue weighted by atomic mass is 9.98. The molecule has 3 rings (SSSR count). The van der Waals surface area contributed by atoms with Gasteiger partial charge in [0.2, 0.25) is 5.91 Å². The molecule has 0 aliphatic heterocycles. The second-order valence-electron chi connectivity index (χ2n) is 6.99. The molecule has 1 amide bonds. The third-order valence-electron chi connectivity index (χ3n) is 4.90. The Balaban J connectivity index is 1.74. The van der Waals surface area contributed by atoms with Crippen LogP contribution in [0.4, 0.5) is 0 Å². The van der Waals surface area contributed by atoms with E-state index in [2.05, 4.69) is 16.4 Å². The third kappa shape index (κ3) is 4.14. The van der Waals surface area contributed by atoms with E-state index in [0.717, 1.165) is 18.4 Å². The Kier molecular flexibility index (Phi) is 5.94. The number of fused-ring (bicyclic) bond motifs is 1. The number of aromatic nitrogens is 2. The molecule has 148 valence electrons. The number of carbonyl (C=O) groups is 2. The minimum atomic E-state index is -0.795. The molecule has 1 fully saturated rings. The molecule has 8 heteroatoms. The maximum absolute atomic E-state index is 12.4. The molecule has 1 N–H and O–H groups in total. The summed E-state index contributed by atoms with van der Waals surface area (Å²) in [5, 5.41) is 13.0. The molecule has 0 spiro atoms. The molecule has 0 saturated heterocycles. The minimum Gasteiger partial charge on any atom is -0.462 e. The van der Waals surface area contributed by atoms with Crippen LogP contribution in [0.3, 0.4) is 0 Å². The van der Waals surface area contributed by atoms with Crippen molar-refractivity contribution in [1.29, 1.82) is 5.26 Å². The molecule has 1 atom stereocenters. The van der Waals surface area contributed by atoms with E-state index < -0.39 is 5.54 Å². The zero-order chi connectivity index (χ0) is 20.3. The van der Waals surface area contributed by atoms with E-state index in [1.165, 1.54) is 11.8 Å². The van der Waals surface area contributed by atoms with Gasteiger partial charge in [0.25, 0.3) is 0 Å². The number of rotatable bonds is 8. The van der Waals surface area contributed by atoms with Crippen LogP contribution < -0.4 is 5.32 Å². The number of aryl methyl sites for hydroxylation is 1. The number of nitrogens with zero attached hydrogens (tertiary/aromatic N) is 3. The summed E-state index contributed by atoms with van der Waals surface area (Å²) in [7, 11) is 0. The zero-order valence-corrected chi connectivity index (χ0v) is 17.1. The summed E-state index contributed by atoms with van der Waals surface area (Å²) >= 11 is 1.33. The molecule has 1 aliphatic rings. The molecule has 1 heterocycles. The Morgan fingerprint density at radius 1 is 1.43 bits per heavy atom. The maximum Gasteiger partial charge on any atom is 0.338 e. The zero-order valence-electron chi connectivity index (χ0n) is 16.3. The number of esters is 1. The van der Waals surface area contributed by atoms with E-state index in [4.69, 9.17) is 4.74 Å². The summed E-state index contributed by atoms with van der Waals surface area (Å²) in [6.45, 7) is 6.56. The number of benzene rings is 1. The van der Waals surface area contributed by atoms with Crippen LogP contribution in [-0.4, -0.2) is 39.3 Å². The molecule has 1 saturated carbocycles. The van der Waals surface area contributed by atoms with Crippen LogP contribution in [0.1, 0.15) is 44.0 Å². The normalized spacial score (nSPS) is 15.6. The van der Waals surface area contributed by atoms with Crippen molar-refractivity contribution in [2.24, 2.45) is 5.92 Å². The Hall–Kier alpha value is -2.53. The number of thioether (sulfide) groups is 1. The average molecular weight is 401 g/mol. The van der Waals surface area contributed by atoms with Gasteiger partial charge in [-0.25, -0.2) is 9.78 Å². The molecule has 1 aromatic heterocycles. The van der Waals surface area contributed by atoms with Gasteiger partial charge in [-0.15, -0.1) is 0 Å². The SMILES string of the molecule is CCOC(=O)c1ccc2c(c1)nc(SCC(=O)NC(C)(C#N)C1CC1)n2CC. The summed E-state index contributed by atoms with van der Waals surface area (Å²) in [5.74, 6) is -0.131. The molecule has 1 aromatic carbocycles. The van der Waals surface area contributed by atoms with Crippen molar-refractivity contribution in [2.45, 2.75) is 50.9 Å². The van der Waals surface area contributed by atoms with Gasteiger partial charge in [-0.3, -0.25) is 4.79 Å². The fourth-order valence-corrected chi connectivity index (χ4v) is 4.08. The first-order chi connectivity index (χ1) is 13.4. The summed E-state index contributed by atoms with van der Waals surface area (Å²) in [6, 6.07) is 7.52. The number of hydrogen-bond donors (Lipinski definition) is 1. The number of amides is 1. The lowest BCUT2D eigenvalue weighted by Crippen LogP contribution is -2.47. The summed E-state index contributed by atoms with van der Waals surface area (Å²) in [5.41, 5.74) is 1.25. The molecule has 1 unspecified atom stereocenters. The van der Waals surface area contributed by atoms with Crippen molar-refractivity contribution < 1.29 is 14.3 Å². The van der Waals surface area contributed by atoms with E-state index in [9.17, 15) is 14.9 Å². The summed E-state index contributed by atoms with van der Waals surface area (Å²) in [4.78, 5) is 28.9. The van der Waals surface area contributed by atoms with Crippen LogP contribution in [0.25, 0.3) is 11.0 Å². The molecule has 28 heavy (non-hydrogen) atoms. The van der Waals surface area contributed by atoms with Crippen molar-refractivity contribution >= 4 is 34.7 Å². The van der Waals surface area contributed by atoms with Gasteiger partial charge in [0.1, 0.15) is 5.54 Å². The number of imidazole rings is 1. The van der Waals surface area contributed by atoms with Gasteiger partial charge in [-0.05, 0) is 57.7 Å². The summed E-state index contributed by atoms with van der Waals surface area (Å²) < 4.78 is 7.05. The van der Waals surface area contributed by atoms with Gasteiger partial charge in [0.05, 0.1) is 35.0 Å². The van der Waals surface area contributed by atoms with Crippen molar-refractivity contribution in [2.75, 3.05) is 12.4 Å². The van der Waals surface area contributed by atoms with E-state index in [0.29, 0.717) is 29.4 Å². The standard InChI is InChI=1S/C20H24N4O3S/c1-4-24-16-9-6-13(18(26)27-5-2)10-15(16)22-19(24)28-11-17(25)23-20(3,12-21)14-7-8-14/h6,9-10,14H,4-5,7-8,11H2,1-3H3,(H,23,25). The van der Waals surface area contributed by atoms with Crippen LogP contribution >= 0.6 is 11.8 Å². The molecular formula is C20H24N4O3S. The molecule has 0 bridgehead atoms. The van der Waals surface area contributed by atoms with Gasteiger partial charge in [0.15, 0.2) is 5.16 Å². The van der Waals surface area contributed by atoms with Crippen molar-refractivity contribution in [3.8, 4) is 6.07 Å². The predicted molar refractivity (Wildman–Crippen MR) is 107 cm³/mol. The van der Waals surface area contributed by atoms with Crippen LogP contribution in [0.2, 0.25) is 0 Å². The second kappa shape index (κ2) is 8.23. The predicted octanol–water partition coefficient (Wildman–Crippen LogP) is 3.13. The highest BCUT2D eigenvalue weighted by atomic mass is 32.2. The second-order valence-corrected chi connectivity index (χ2v) is 7.93. The van der Waals surface area contributed by atoms with E-state index in [-0.39, 0.29) is 23.5 Å². The largest absolute Gasteiger partial charge is 0.462 e. The number of nitriles is 1. The molecule has 0 radical (unpaired) electrons. The van der Waals surface area contributed by atoms with Gasteiger partial charge in [-0.1, -0.05) is 11.8 Å². The lowest BCUT2D eigenvalue weighted by molar-refractivity contribution is -0.119. The number of carbonyl (C=O) groups excluding carboxylic acids is 2. The first-order valence-corrected chi connectivity index (χ1v) is 10.4. The highest BCUT2D eigenvalue weighted by Crippen LogP contribution is 2.39. The average Bonchev–Trinajstić information content (AvgIpc) is 3.48. The quantitative estimate of drug-likeness (QED) is 0.540. The number of nitrogens with one attached hydrogen (secondary N) is 1. The smallest absolute Gasteiger partial charge is 0.338 e. The van der Waals surface area contributed by atoms with Crippen LogP contribution in [-0.2, 0) is 16.1 Å². The Morgan fingerprint density at radius 3 is 2.79 bits per heavy atom. The Bertz CT molecular complexity index is 945. The highest BCUT2D eigenvalue weighted by Gasteiger charge is 2.42. The highest BCUT2D eigenvalue weighted by molar-refractivity contribution is 7.99. The number of hydrogen-bond acceptors (Lipinski definition) is 6. The monoisotopic (exact) mass is 400 g/mol. The molecule has 2 aromatic rings. The van der Waals surface area contributed by atoms with E-state index in [1.54, 1.807) is 26.0 Å². The molecule has 1 aliphatic carbocycles. The fourth-order valence-electron chi connectivity index (χ4n) is 3.20. The van der Waals surface area contributed by atoms with Gasteiger partial charge in [0, 0.05) is 6.54 Å². The van der Waals surface area contributed by atoms with Crippen LogP contribution in [0.15, 0.2) is 23.4 Å². The van der Waals surface area contributed by atoms with Crippen molar-refractivity contribution in [1.82, 2.24) is 14.9 Å². The lowest BCUT2D eigenvalue weighted by Gasteiger charge is -2.22. The van der Waals surface area contributed by atoms with Crippen molar-refractivity contribution in [3.05, 3.63) is 23.8 Å².